The van der Waals surface area contributed by atoms with Crippen LogP contribution in [0.5, 0.6) is 0 Å². The largest absolute Gasteiger partial charge is 0.454 e. The molecule has 0 saturated heterocycles. The molecule has 0 saturated carbocycles. The van der Waals surface area contributed by atoms with E-state index in [4.69, 9.17) is 16.3 Å². The van der Waals surface area contributed by atoms with Crippen molar-refractivity contribution < 1.29 is 24.3 Å². The summed E-state index contributed by atoms with van der Waals surface area (Å²) in [6.07, 6.45) is 2.59. The predicted molar refractivity (Wildman–Crippen MR) is 163 cm³/mol. The van der Waals surface area contributed by atoms with Gasteiger partial charge in [0.05, 0.1) is 0 Å². The number of ether oxygens (including phenoxy) is 1. The fourth-order valence-electron chi connectivity index (χ4n) is 4.66. The Morgan fingerprint density at radius 2 is 1.64 bits per heavy atom. The average Bonchev–Trinajstić information content (AvgIpc) is 3.67. The quantitative estimate of drug-likeness (QED) is 0.0865. The first-order valence-electron chi connectivity index (χ1n) is 14.1. The van der Waals surface area contributed by atoms with Crippen molar-refractivity contribution in [1.29, 1.82) is 0 Å². The van der Waals surface area contributed by atoms with Gasteiger partial charge in [-0.3, -0.25) is 4.79 Å². The zero-order valence-electron chi connectivity index (χ0n) is 24.2. The van der Waals surface area contributed by atoms with Crippen molar-refractivity contribution in [3.05, 3.63) is 116 Å². The topological polar surface area (TPSA) is 157 Å². The third-order valence-corrected chi connectivity index (χ3v) is 7.26. The molecule has 0 aliphatic rings. The summed E-state index contributed by atoms with van der Waals surface area (Å²) in [7, 11) is 0. The highest BCUT2D eigenvalue weighted by Gasteiger charge is 2.18. The molecular formula is C31H28ClN7O6. The van der Waals surface area contributed by atoms with Crippen LogP contribution in [-0.2, 0) is 35.8 Å². The lowest BCUT2D eigenvalue weighted by atomic mass is 9.98. The molecule has 0 fully saturated rings. The number of carbonyl (C=O) groups is 2. The molecule has 3 aromatic carbocycles. The molecule has 0 aliphatic heterocycles. The molecule has 0 bridgehead atoms. The van der Waals surface area contributed by atoms with Crippen molar-refractivity contribution >= 4 is 24.0 Å². The summed E-state index contributed by atoms with van der Waals surface area (Å²) in [4.78, 5) is 44.2. The summed E-state index contributed by atoms with van der Waals surface area (Å²) in [5.74, 6) is 1.02. The van der Waals surface area contributed by atoms with Gasteiger partial charge in [0.15, 0.2) is 11.4 Å². The van der Waals surface area contributed by atoms with Gasteiger partial charge >= 0.3 is 6.09 Å². The molecule has 0 spiro atoms. The van der Waals surface area contributed by atoms with Gasteiger partial charge in [-0.2, -0.15) is 0 Å². The molecule has 0 amide bonds. The molecule has 5 aromatic rings. The molecule has 2 aromatic heterocycles. The first-order valence-corrected chi connectivity index (χ1v) is 14.4. The summed E-state index contributed by atoms with van der Waals surface area (Å²) in [6.45, 7) is 2.31. The van der Waals surface area contributed by atoms with Crippen LogP contribution in [0.1, 0.15) is 52.8 Å². The molecule has 230 valence electrons. The van der Waals surface area contributed by atoms with Crippen LogP contribution in [0.25, 0.3) is 22.5 Å². The molecule has 0 unspecified atom stereocenters. The molecule has 0 N–H and O–H groups in total. The highest BCUT2D eigenvalue weighted by Crippen LogP contribution is 2.30. The van der Waals surface area contributed by atoms with Gasteiger partial charge in [-0.05, 0) is 39.5 Å². The first kappa shape index (κ1) is 31.0. The summed E-state index contributed by atoms with van der Waals surface area (Å²) in [6, 6.07) is 22.0. The zero-order chi connectivity index (χ0) is 31.8. The lowest BCUT2D eigenvalue weighted by Gasteiger charge is -2.11. The number of benzene rings is 3. The molecule has 14 heteroatoms. The number of imidazole rings is 1. The van der Waals surface area contributed by atoms with E-state index in [1.165, 1.54) is 0 Å². The van der Waals surface area contributed by atoms with E-state index in [1.54, 1.807) is 24.3 Å². The van der Waals surface area contributed by atoms with E-state index in [0.717, 1.165) is 52.9 Å². The van der Waals surface area contributed by atoms with Crippen molar-refractivity contribution in [2.75, 3.05) is 0 Å². The Morgan fingerprint density at radius 1 is 0.978 bits per heavy atom. The zero-order valence-corrected chi connectivity index (χ0v) is 25.0. The minimum atomic E-state index is -0.861. The molecule has 0 atom stereocenters. The second kappa shape index (κ2) is 14.4. The maximum Gasteiger partial charge on any atom is 0.454 e. The van der Waals surface area contributed by atoms with Gasteiger partial charge in [0, 0.05) is 18.5 Å². The monoisotopic (exact) mass is 629 g/mol. The fraction of sp³-hybridized carbons (Fsp3) is 0.226. The molecule has 2 heterocycles. The van der Waals surface area contributed by atoms with Crippen LogP contribution in [0.3, 0.4) is 0 Å². The van der Waals surface area contributed by atoms with Crippen LogP contribution in [0.15, 0.2) is 72.8 Å². The molecule has 0 aliphatic carbocycles. The Labute approximate surface area is 262 Å². The number of tetrazole rings is 1. The van der Waals surface area contributed by atoms with Gasteiger partial charge in [0.25, 0.3) is 5.09 Å². The fourth-order valence-corrected chi connectivity index (χ4v) is 4.90. The third-order valence-electron chi connectivity index (χ3n) is 6.98. The van der Waals surface area contributed by atoms with Gasteiger partial charge in [-0.25, -0.2) is 9.78 Å². The first-order chi connectivity index (χ1) is 21.9. The normalized spacial score (nSPS) is 10.9. The molecule has 45 heavy (non-hydrogen) atoms. The van der Waals surface area contributed by atoms with Crippen LogP contribution in [0.2, 0.25) is 5.15 Å². The van der Waals surface area contributed by atoms with Gasteiger partial charge in [0.1, 0.15) is 24.7 Å². The van der Waals surface area contributed by atoms with Crippen LogP contribution < -0.4 is 0 Å². The van der Waals surface area contributed by atoms with Crippen molar-refractivity contribution in [2.45, 2.75) is 45.9 Å². The second-order valence-corrected chi connectivity index (χ2v) is 10.4. The lowest BCUT2D eigenvalue weighted by molar-refractivity contribution is -0.763. The maximum absolute atomic E-state index is 12.6. The number of aldehydes is 1. The summed E-state index contributed by atoms with van der Waals surface area (Å²) in [5, 5.41) is 21.9. The summed E-state index contributed by atoms with van der Waals surface area (Å²) in [5.41, 5.74) is 5.00. The van der Waals surface area contributed by atoms with E-state index < -0.39 is 11.2 Å². The highest BCUT2D eigenvalue weighted by molar-refractivity contribution is 6.31. The van der Waals surface area contributed by atoms with Crippen LogP contribution >= 0.6 is 11.6 Å². The SMILES string of the molecule is CCCCc1nc(Cl)c(C=O)n1Cc1ccc(-c2ccccc2-c2nnn(C(=O)OCc3ccc(CO[N+](=O)[O-])cc3)n2)cc1. The van der Waals surface area contributed by atoms with E-state index in [2.05, 4.69) is 32.2 Å². The van der Waals surface area contributed by atoms with Crippen LogP contribution in [0, 0.1) is 10.1 Å². The minimum Gasteiger partial charge on any atom is -0.442 e. The number of aryl methyl sites for hydroxylation is 1. The highest BCUT2D eigenvalue weighted by atomic mass is 35.5. The third kappa shape index (κ3) is 7.57. The number of hydrogen-bond acceptors (Lipinski definition) is 10. The number of hydrogen-bond donors (Lipinski definition) is 0. The molecule has 5 rings (SSSR count). The number of rotatable bonds is 13. The van der Waals surface area contributed by atoms with Gasteiger partial charge in [0.2, 0.25) is 5.82 Å². The molecule has 13 nitrogen and oxygen atoms in total. The van der Waals surface area contributed by atoms with Crippen LogP contribution in [-0.4, -0.2) is 47.2 Å². The van der Waals surface area contributed by atoms with Crippen LogP contribution in [0.4, 0.5) is 4.79 Å². The predicted octanol–water partition coefficient (Wildman–Crippen LogP) is 5.95. The van der Waals surface area contributed by atoms with E-state index in [9.17, 15) is 19.7 Å². The number of halogens is 1. The Hall–Kier alpha value is -5.43. The van der Waals surface area contributed by atoms with E-state index in [1.807, 2.05) is 53.1 Å². The Balaban J connectivity index is 1.27. The average molecular weight is 630 g/mol. The van der Waals surface area contributed by atoms with Gasteiger partial charge in [-0.1, -0.05) is 103 Å². The number of unbranched alkanes of at least 4 members (excludes halogenated alkanes) is 1. The van der Waals surface area contributed by atoms with Gasteiger partial charge in [-0.15, -0.1) is 20.3 Å². The minimum absolute atomic E-state index is 0.0608. The second-order valence-electron chi connectivity index (χ2n) is 10.0. The number of aromatic nitrogens is 6. The molecule has 0 radical (unpaired) electrons. The maximum atomic E-state index is 12.6. The van der Waals surface area contributed by atoms with Crippen molar-refractivity contribution in [3.63, 3.8) is 0 Å². The van der Waals surface area contributed by atoms with E-state index >= 15 is 0 Å². The summed E-state index contributed by atoms with van der Waals surface area (Å²) < 4.78 is 7.17. The van der Waals surface area contributed by atoms with E-state index in [0.29, 0.717) is 28.9 Å². The lowest BCUT2D eigenvalue weighted by Crippen LogP contribution is -2.16. The molecular weight excluding hydrogens is 602 g/mol. The van der Waals surface area contributed by atoms with Crippen molar-refractivity contribution in [1.82, 2.24) is 29.8 Å². The van der Waals surface area contributed by atoms with Gasteiger partial charge < -0.3 is 14.1 Å². The standard InChI is InChI=1S/C31H28ClN7O6/c1-2-3-8-28-33-29(32)27(18-40)37(28)17-21-13-15-24(16-14-21)25-6-4-5-7-26(25)30-34-36-38(35-30)31(41)44-19-22-9-11-23(12-10-22)20-45-39(42)43/h4-7,9-16,18H,2-3,8,17,19-20H2,1H3. The number of carbonyl (C=O) groups excluding carboxylic acids is 2. The van der Waals surface area contributed by atoms with Crippen molar-refractivity contribution in [3.8, 4) is 22.5 Å². The Morgan fingerprint density at radius 3 is 2.31 bits per heavy atom. The smallest absolute Gasteiger partial charge is 0.442 e. The Kier molecular flexibility index (Phi) is 9.90. The van der Waals surface area contributed by atoms with E-state index in [-0.39, 0.29) is 24.2 Å². The summed E-state index contributed by atoms with van der Waals surface area (Å²) >= 11 is 6.23. The van der Waals surface area contributed by atoms with Crippen molar-refractivity contribution in [2.24, 2.45) is 0 Å². The number of nitrogens with zero attached hydrogens (tertiary/aromatic N) is 7. The Bertz CT molecular complexity index is 1800.